The van der Waals surface area contributed by atoms with E-state index in [1.807, 2.05) is 30.5 Å². The fraction of sp³-hybridized carbons (Fsp3) is 0.500. The third-order valence-electron chi connectivity index (χ3n) is 4.39. The maximum absolute atomic E-state index is 5.75. The van der Waals surface area contributed by atoms with E-state index >= 15 is 0 Å². The molecule has 4 rings (SSSR count). The summed E-state index contributed by atoms with van der Waals surface area (Å²) in [7, 11) is 0. The summed E-state index contributed by atoms with van der Waals surface area (Å²) in [5.74, 6) is 0.868. The summed E-state index contributed by atoms with van der Waals surface area (Å²) in [6, 6.07) is 8.95. The van der Waals surface area contributed by atoms with Crippen LogP contribution in [0.15, 0.2) is 30.5 Å². The zero-order valence-electron chi connectivity index (χ0n) is 12.2. The van der Waals surface area contributed by atoms with Crippen molar-refractivity contribution in [3.63, 3.8) is 0 Å². The molecule has 3 heterocycles. The number of hydrogen-bond acceptors (Lipinski definition) is 5. The number of aromatic nitrogens is 2. The lowest BCUT2D eigenvalue weighted by atomic mass is 10.1. The molecule has 0 aliphatic carbocycles. The molecule has 2 aromatic rings. The van der Waals surface area contributed by atoms with Crippen LogP contribution in [0.5, 0.6) is 0 Å². The molecule has 0 unspecified atom stereocenters. The molecule has 1 N–H and O–H groups in total. The predicted molar refractivity (Wildman–Crippen MR) is 82.3 cm³/mol. The Kier molecular flexibility index (Phi) is 3.24. The predicted octanol–water partition coefficient (Wildman–Crippen LogP) is 1.90. The second-order valence-electron chi connectivity index (χ2n) is 6.07. The molecule has 3 atom stereocenters. The van der Waals surface area contributed by atoms with Gasteiger partial charge in [-0.2, -0.15) is 0 Å². The van der Waals surface area contributed by atoms with E-state index in [2.05, 4.69) is 27.1 Å². The SMILES string of the molecule is C[C@H]1CN2C[C@@H](Nc3cnc4ccccc4n3)C[C@H]2CO1. The lowest BCUT2D eigenvalue weighted by molar-refractivity contribution is -0.0390. The number of anilines is 1. The summed E-state index contributed by atoms with van der Waals surface area (Å²) >= 11 is 0. The van der Waals surface area contributed by atoms with Crippen LogP contribution < -0.4 is 5.32 Å². The monoisotopic (exact) mass is 284 g/mol. The minimum atomic E-state index is 0.348. The van der Waals surface area contributed by atoms with Gasteiger partial charge in [0.1, 0.15) is 5.82 Å². The molecule has 5 nitrogen and oxygen atoms in total. The van der Waals surface area contributed by atoms with Crippen LogP contribution in [0.1, 0.15) is 13.3 Å². The average Bonchev–Trinajstić information content (AvgIpc) is 2.88. The molecule has 0 spiro atoms. The van der Waals surface area contributed by atoms with Crippen molar-refractivity contribution in [2.45, 2.75) is 31.5 Å². The molecule has 0 saturated carbocycles. The van der Waals surface area contributed by atoms with E-state index in [1.165, 1.54) is 0 Å². The van der Waals surface area contributed by atoms with Crippen LogP contribution in [0.3, 0.4) is 0 Å². The van der Waals surface area contributed by atoms with Gasteiger partial charge in [-0.05, 0) is 25.5 Å². The first-order valence-corrected chi connectivity index (χ1v) is 7.62. The lowest BCUT2D eigenvalue weighted by Crippen LogP contribution is -2.45. The van der Waals surface area contributed by atoms with Gasteiger partial charge < -0.3 is 10.1 Å². The van der Waals surface area contributed by atoms with Crippen molar-refractivity contribution in [3.8, 4) is 0 Å². The molecule has 5 heteroatoms. The number of morpholine rings is 1. The molecule has 2 saturated heterocycles. The zero-order valence-corrected chi connectivity index (χ0v) is 12.2. The lowest BCUT2D eigenvalue weighted by Gasteiger charge is -2.33. The van der Waals surface area contributed by atoms with Crippen LogP contribution in [-0.4, -0.2) is 52.8 Å². The van der Waals surface area contributed by atoms with E-state index in [9.17, 15) is 0 Å². The van der Waals surface area contributed by atoms with Crippen LogP contribution >= 0.6 is 0 Å². The van der Waals surface area contributed by atoms with Crippen molar-refractivity contribution >= 4 is 16.9 Å². The zero-order chi connectivity index (χ0) is 14.2. The standard InChI is InChI=1S/C16H20N4O/c1-11-8-20-9-12(6-13(20)10-21-11)18-16-7-17-14-4-2-3-5-15(14)19-16/h2-5,7,11-13H,6,8-10H2,1H3,(H,18,19)/t11-,12-,13-/m0/s1. The Hall–Kier alpha value is -1.72. The summed E-state index contributed by atoms with van der Waals surface area (Å²) in [5.41, 5.74) is 1.88. The second-order valence-corrected chi connectivity index (χ2v) is 6.07. The van der Waals surface area contributed by atoms with Gasteiger partial charge in [0, 0.05) is 25.2 Å². The topological polar surface area (TPSA) is 50.3 Å². The Labute approximate surface area is 124 Å². The molecule has 2 aliphatic heterocycles. The van der Waals surface area contributed by atoms with Crippen molar-refractivity contribution < 1.29 is 4.74 Å². The Morgan fingerprint density at radius 3 is 3.00 bits per heavy atom. The van der Waals surface area contributed by atoms with Gasteiger partial charge in [-0.3, -0.25) is 9.88 Å². The second kappa shape index (κ2) is 5.24. The van der Waals surface area contributed by atoms with Crippen LogP contribution in [0.2, 0.25) is 0 Å². The third-order valence-corrected chi connectivity index (χ3v) is 4.39. The molecule has 0 bridgehead atoms. The van der Waals surface area contributed by atoms with Gasteiger partial charge in [-0.25, -0.2) is 4.98 Å². The van der Waals surface area contributed by atoms with E-state index in [-0.39, 0.29) is 0 Å². The number of rotatable bonds is 2. The molecule has 21 heavy (non-hydrogen) atoms. The summed E-state index contributed by atoms with van der Waals surface area (Å²) < 4.78 is 5.75. The summed E-state index contributed by atoms with van der Waals surface area (Å²) in [6.45, 7) is 5.09. The van der Waals surface area contributed by atoms with Crippen molar-refractivity contribution in [2.75, 3.05) is 25.0 Å². The van der Waals surface area contributed by atoms with Crippen molar-refractivity contribution in [3.05, 3.63) is 30.5 Å². The third kappa shape index (κ3) is 2.59. The van der Waals surface area contributed by atoms with Gasteiger partial charge >= 0.3 is 0 Å². The highest BCUT2D eigenvalue weighted by Crippen LogP contribution is 2.25. The van der Waals surface area contributed by atoms with Gasteiger partial charge in [0.05, 0.1) is 29.9 Å². The van der Waals surface area contributed by atoms with Crippen LogP contribution in [0, 0.1) is 0 Å². The quantitative estimate of drug-likeness (QED) is 0.913. The van der Waals surface area contributed by atoms with Crippen molar-refractivity contribution in [1.29, 1.82) is 0 Å². The van der Waals surface area contributed by atoms with Gasteiger partial charge in [-0.15, -0.1) is 0 Å². The fourth-order valence-corrected chi connectivity index (χ4v) is 3.38. The summed E-state index contributed by atoms with van der Waals surface area (Å²) in [6.07, 6.45) is 3.29. The molecular weight excluding hydrogens is 264 g/mol. The van der Waals surface area contributed by atoms with E-state index in [1.54, 1.807) is 0 Å². The number of fused-ring (bicyclic) bond motifs is 2. The number of ether oxygens (including phenoxy) is 1. The van der Waals surface area contributed by atoms with E-state index < -0.39 is 0 Å². The van der Waals surface area contributed by atoms with Gasteiger partial charge in [-0.1, -0.05) is 12.1 Å². The molecular formula is C16H20N4O. The van der Waals surface area contributed by atoms with Crippen molar-refractivity contribution in [2.24, 2.45) is 0 Å². The minimum absolute atomic E-state index is 0.348. The Bertz CT molecular complexity index is 647. The highest BCUT2D eigenvalue weighted by atomic mass is 16.5. The van der Waals surface area contributed by atoms with E-state index in [4.69, 9.17) is 4.74 Å². The van der Waals surface area contributed by atoms with Crippen LogP contribution in [0.25, 0.3) is 11.0 Å². The first-order valence-electron chi connectivity index (χ1n) is 7.62. The van der Waals surface area contributed by atoms with Crippen molar-refractivity contribution in [1.82, 2.24) is 14.9 Å². The first-order chi connectivity index (χ1) is 10.3. The van der Waals surface area contributed by atoms with Crippen LogP contribution in [-0.2, 0) is 4.74 Å². The maximum atomic E-state index is 5.75. The number of para-hydroxylation sites is 2. The Balaban J connectivity index is 1.48. The smallest absolute Gasteiger partial charge is 0.145 e. The number of nitrogens with one attached hydrogen (secondary N) is 1. The van der Waals surface area contributed by atoms with Gasteiger partial charge in [0.25, 0.3) is 0 Å². The highest BCUT2D eigenvalue weighted by Gasteiger charge is 2.36. The number of hydrogen-bond donors (Lipinski definition) is 1. The first kappa shape index (κ1) is 13.0. The van der Waals surface area contributed by atoms with Gasteiger partial charge in [0.2, 0.25) is 0 Å². The molecule has 0 radical (unpaired) electrons. The normalized spacial score (nSPS) is 29.5. The molecule has 2 fully saturated rings. The molecule has 1 aromatic heterocycles. The number of benzene rings is 1. The summed E-state index contributed by atoms with van der Waals surface area (Å²) in [5, 5.41) is 3.53. The maximum Gasteiger partial charge on any atom is 0.145 e. The Morgan fingerprint density at radius 2 is 2.10 bits per heavy atom. The van der Waals surface area contributed by atoms with E-state index in [0.717, 1.165) is 43.0 Å². The fourth-order valence-electron chi connectivity index (χ4n) is 3.38. The van der Waals surface area contributed by atoms with Gasteiger partial charge in [0.15, 0.2) is 0 Å². The Morgan fingerprint density at radius 1 is 1.24 bits per heavy atom. The van der Waals surface area contributed by atoms with E-state index in [0.29, 0.717) is 18.2 Å². The largest absolute Gasteiger partial charge is 0.376 e. The molecule has 1 aromatic carbocycles. The van der Waals surface area contributed by atoms with Crippen LogP contribution in [0.4, 0.5) is 5.82 Å². The number of nitrogens with zero attached hydrogens (tertiary/aromatic N) is 3. The minimum Gasteiger partial charge on any atom is -0.376 e. The molecule has 0 amide bonds. The molecule has 110 valence electrons. The highest BCUT2D eigenvalue weighted by molar-refractivity contribution is 5.75. The molecule has 2 aliphatic rings. The summed E-state index contributed by atoms with van der Waals surface area (Å²) in [4.78, 5) is 11.6. The average molecular weight is 284 g/mol.